The molecule has 2 rings (SSSR count). The van der Waals surface area contributed by atoms with Crippen LogP contribution in [-0.4, -0.2) is 34.3 Å². The third-order valence-electron chi connectivity index (χ3n) is 3.07. The van der Waals surface area contributed by atoms with Crippen LogP contribution in [0.15, 0.2) is 18.3 Å². The van der Waals surface area contributed by atoms with E-state index in [0.717, 1.165) is 26.1 Å². The minimum atomic E-state index is 0.337. The van der Waals surface area contributed by atoms with Gasteiger partial charge >= 0.3 is 0 Å². The molecule has 1 N–H and O–H groups in total. The van der Waals surface area contributed by atoms with Crippen molar-refractivity contribution in [1.82, 2.24) is 9.47 Å². The largest absolute Gasteiger partial charge is 0.396 e. The van der Waals surface area contributed by atoms with Gasteiger partial charge in [-0.2, -0.15) is 0 Å². The van der Waals surface area contributed by atoms with E-state index < -0.39 is 0 Å². The molecule has 0 saturated carbocycles. The minimum Gasteiger partial charge on any atom is -0.396 e. The van der Waals surface area contributed by atoms with Crippen LogP contribution in [0.2, 0.25) is 0 Å². The third-order valence-corrected chi connectivity index (χ3v) is 3.07. The third kappa shape index (κ3) is 1.99. The minimum absolute atomic E-state index is 0.337. The van der Waals surface area contributed by atoms with E-state index in [9.17, 15) is 0 Å². The van der Waals surface area contributed by atoms with Gasteiger partial charge in [0.1, 0.15) is 0 Å². The van der Waals surface area contributed by atoms with E-state index in [2.05, 4.69) is 34.8 Å². The molecular formula is C11H18N2O. The summed E-state index contributed by atoms with van der Waals surface area (Å²) in [6, 6.07) is 4.24. The van der Waals surface area contributed by atoms with Crippen molar-refractivity contribution in [1.29, 1.82) is 0 Å². The van der Waals surface area contributed by atoms with Gasteiger partial charge in [0.05, 0.1) is 0 Å². The maximum atomic E-state index is 9.03. The lowest BCUT2D eigenvalue weighted by Gasteiger charge is -2.15. The number of hydrogen-bond acceptors (Lipinski definition) is 2. The molecule has 14 heavy (non-hydrogen) atoms. The van der Waals surface area contributed by atoms with Crippen LogP contribution < -0.4 is 0 Å². The highest BCUT2D eigenvalue weighted by atomic mass is 16.3. The van der Waals surface area contributed by atoms with Crippen molar-refractivity contribution >= 4 is 0 Å². The Hall–Kier alpha value is -0.800. The van der Waals surface area contributed by atoms with E-state index in [1.165, 1.54) is 5.69 Å². The van der Waals surface area contributed by atoms with Crippen molar-refractivity contribution < 1.29 is 5.11 Å². The molecule has 3 heteroatoms. The van der Waals surface area contributed by atoms with Crippen LogP contribution >= 0.6 is 0 Å². The van der Waals surface area contributed by atoms with Gasteiger partial charge in [-0.1, -0.05) is 0 Å². The molecule has 2 heterocycles. The summed E-state index contributed by atoms with van der Waals surface area (Å²) < 4.78 is 2.16. The number of aliphatic hydroxyl groups excluding tert-OH is 1. The molecule has 1 atom stereocenters. The molecule has 1 aromatic heterocycles. The number of aliphatic hydroxyl groups is 1. The second kappa shape index (κ2) is 4.15. The Bertz CT molecular complexity index is 295. The van der Waals surface area contributed by atoms with Gasteiger partial charge in [0, 0.05) is 38.6 Å². The zero-order valence-electron chi connectivity index (χ0n) is 8.69. The summed E-state index contributed by atoms with van der Waals surface area (Å²) in [7, 11) is 2.08. The quantitative estimate of drug-likeness (QED) is 0.772. The zero-order valence-corrected chi connectivity index (χ0v) is 8.69. The molecule has 78 valence electrons. The molecule has 0 aromatic carbocycles. The number of rotatable bonds is 3. The van der Waals surface area contributed by atoms with Crippen molar-refractivity contribution in [3.05, 3.63) is 24.0 Å². The molecule has 0 aliphatic carbocycles. The van der Waals surface area contributed by atoms with Gasteiger partial charge in [-0.25, -0.2) is 0 Å². The summed E-state index contributed by atoms with van der Waals surface area (Å²) in [5.41, 5.74) is 1.35. The average Bonchev–Trinajstić information content (AvgIpc) is 2.77. The van der Waals surface area contributed by atoms with Gasteiger partial charge in [0.25, 0.3) is 0 Å². The molecular weight excluding hydrogens is 176 g/mol. The van der Waals surface area contributed by atoms with Crippen LogP contribution in [0.1, 0.15) is 12.1 Å². The highest BCUT2D eigenvalue weighted by Gasteiger charge is 2.21. The number of likely N-dealkylation sites (tertiary alicyclic amines) is 1. The van der Waals surface area contributed by atoms with Gasteiger partial charge in [-0.15, -0.1) is 0 Å². The van der Waals surface area contributed by atoms with E-state index in [0.29, 0.717) is 12.5 Å². The van der Waals surface area contributed by atoms with E-state index in [-0.39, 0.29) is 0 Å². The fourth-order valence-electron chi connectivity index (χ4n) is 2.10. The first-order chi connectivity index (χ1) is 6.79. The van der Waals surface area contributed by atoms with Crippen LogP contribution in [0.3, 0.4) is 0 Å². The molecule has 0 amide bonds. The molecule has 0 radical (unpaired) electrons. The Morgan fingerprint density at radius 3 is 3.00 bits per heavy atom. The van der Waals surface area contributed by atoms with Crippen LogP contribution in [0.5, 0.6) is 0 Å². The van der Waals surface area contributed by atoms with E-state index >= 15 is 0 Å². The predicted molar refractivity (Wildman–Crippen MR) is 55.9 cm³/mol. The van der Waals surface area contributed by atoms with E-state index in [1.54, 1.807) is 0 Å². The highest BCUT2D eigenvalue weighted by molar-refractivity contribution is 5.06. The van der Waals surface area contributed by atoms with Crippen LogP contribution in [-0.2, 0) is 13.6 Å². The Morgan fingerprint density at radius 1 is 1.57 bits per heavy atom. The van der Waals surface area contributed by atoms with Gasteiger partial charge in [0.15, 0.2) is 0 Å². The molecule has 1 aliphatic rings. The second-order valence-electron chi connectivity index (χ2n) is 4.18. The molecule has 0 bridgehead atoms. The molecule has 1 fully saturated rings. The molecule has 1 aliphatic heterocycles. The van der Waals surface area contributed by atoms with Crippen molar-refractivity contribution in [2.24, 2.45) is 13.0 Å². The Morgan fingerprint density at radius 2 is 2.43 bits per heavy atom. The van der Waals surface area contributed by atoms with Gasteiger partial charge in [-0.3, -0.25) is 4.90 Å². The van der Waals surface area contributed by atoms with Crippen molar-refractivity contribution in [2.75, 3.05) is 19.7 Å². The summed E-state index contributed by atoms with van der Waals surface area (Å²) in [5, 5.41) is 9.03. The lowest BCUT2D eigenvalue weighted by molar-refractivity contribution is 0.219. The van der Waals surface area contributed by atoms with Crippen molar-refractivity contribution in [3.63, 3.8) is 0 Å². The highest BCUT2D eigenvalue weighted by Crippen LogP contribution is 2.17. The van der Waals surface area contributed by atoms with Crippen molar-refractivity contribution in [3.8, 4) is 0 Å². The van der Waals surface area contributed by atoms with Gasteiger partial charge in [-0.05, 0) is 31.0 Å². The summed E-state index contributed by atoms with van der Waals surface area (Å²) in [6.07, 6.45) is 3.22. The first kappa shape index (κ1) is 9.74. The smallest absolute Gasteiger partial charge is 0.0471 e. The molecule has 0 spiro atoms. The number of nitrogens with zero attached hydrogens (tertiary/aromatic N) is 2. The summed E-state index contributed by atoms with van der Waals surface area (Å²) in [5.74, 6) is 0.496. The fraction of sp³-hybridized carbons (Fsp3) is 0.636. The van der Waals surface area contributed by atoms with E-state index in [4.69, 9.17) is 5.11 Å². The topological polar surface area (TPSA) is 28.4 Å². The van der Waals surface area contributed by atoms with E-state index in [1.807, 2.05) is 0 Å². The fourth-order valence-corrected chi connectivity index (χ4v) is 2.10. The molecule has 1 saturated heterocycles. The zero-order chi connectivity index (χ0) is 9.97. The first-order valence-electron chi connectivity index (χ1n) is 5.23. The Balaban J connectivity index is 1.90. The standard InChI is InChI=1S/C11H18N2O/c1-12-5-2-3-11(12)8-13-6-4-10(7-13)9-14/h2-3,5,10,14H,4,6-9H2,1H3/t10-/m1/s1. The number of hydrogen-bond donors (Lipinski definition) is 1. The number of aryl methyl sites for hydroxylation is 1. The van der Waals surface area contributed by atoms with Crippen molar-refractivity contribution in [2.45, 2.75) is 13.0 Å². The van der Waals surface area contributed by atoms with Gasteiger partial charge in [0.2, 0.25) is 0 Å². The lowest BCUT2D eigenvalue weighted by Crippen LogP contribution is -2.22. The Labute approximate surface area is 85.0 Å². The number of aromatic nitrogens is 1. The maximum absolute atomic E-state index is 9.03. The first-order valence-corrected chi connectivity index (χ1v) is 5.23. The maximum Gasteiger partial charge on any atom is 0.0471 e. The summed E-state index contributed by atoms with van der Waals surface area (Å²) in [6.45, 7) is 3.52. The molecule has 3 nitrogen and oxygen atoms in total. The Kier molecular flexibility index (Phi) is 2.89. The lowest BCUT2D eigenvalue weighted by atomic mass is 10.1. The molecule has 1 aromatic rings. The SMILES string of the molecule is Cn1cccc1CN1CC[C@@H](CO)C1. The van der Waals surface area contributed by atoms with Gasteiger partial charge < -0.3 is 9.67 Å². The van der Waals surface area contributed by atoms with Crippen LogP contribution in [0.25, 0.3) is 0 Å². The second-order valence-corrected chi connectivity index (χ2v) is 4.18. The average molecular weight is 194 g/mol. The molecule has 0 unspecified atom stereocenters. The summed E-state index contributed by atoms with van der Waals surface area (Å²) in [4.78, 5) is 2.41. The van der Waals surface area contributed by atoms with Crippen LogP contribution in [0, 0.1) is 5.92 Å². The summed E-state index contributed by atoms with van der Waals surface area (Å²) >= 11 is 0. The predicted octanol–water partition coefficient (Wildman–Crippen LogP) is 0.839. The van der Waals surface area contributed by atoms with Crippen LogP contribution in [0.4, 0.5) is 0 Å². The normalized spacial score (nSPS) is 23.1. The monoisotopic (exact) mass is 194 g/mol.